The number of aromatic nitrogens is 4. The summed E-state index contributed by atoms with van der Waals surface area (Å²) in [4.78, 5) is 29.3. The average molecular weight is 432 g/mol. The van der Waals surface area contributed by atoms with E-state index >= 15 is 0 Å². The summed E-state index contributed by atoms with van der Waals surface area (Å²) >= 11 is 0. The van der Waals surface area contributed by atoms with Gasteiger partial charge in [-0.25, -0.2) is 15.0 Å². The van der Waals surface area contributed by atoms with Crippen molar-refractivity contribution < 1.29 is 22.7 Å². The van der Waals surface area contributed by atoms with Crippen molar-refractivity contribution in [1.29, 1.82) is 0 Å². The number of ether oxygens (including phenoxy) is 1. The van der Waals surface area contributed by atoms with Gasteiger partial charge in [0, 0.05) is 44.6 Å². The molecule has 0 radical (unpaired) electrons. The third-order valence-electron chi connectivity index (χ3n) is 4.81. The summed E-state index contributed by atoms with van der Waals surface area (Å²) in [6.07, 6.45) is 0.208. The lowest BCUT2D eigenvalue weighted by molar-refractivity contribution is -0.274. The van der Waals surface area contributed by atoms with E-state index in [1.165, 1.54) is 23.1 Å². The lowest BCUT2D eigenvalue weighted by Crippen LogP contribution is -2.49. The standard InChI is InChI=1S/C20H19F3N6O2/c1-14-25-17(12-18(26-14)29-7-6-24-13-29)27-8-10-28(11-9-27)19(30)15-4-2-3-5-16(15)31-20(21,22)23/h2-7,12-13H,8-11H2,1H3. The van der Waals surface area contributed by atoms with Crippen molar-refractivity contribution in [2.24, 2.45) is 0 Å². The molecule has 0 spiro atoms. The van der Waals surface area contributed by atoms with E-state index in [0.717, 1.165) is 6.07 Å². The fourth-order valence-electron chi connectivity index (χ4n) is 3.39. The number of anilines is 1. The van der Waals surface area contributed by atoms with Gasteiger partial charge in [-0.3, -0.25) is 9.36 Å². The molecule has 3 heterocycles. The van der Waals surface area contributed by atoms with E-state index in [9.17, 15) is 18.0 Å². The van der Waals surface area contributed by atoms with Crippen LogP contribution < -0.4 is 9.64 Å². The number of imidazole rings is 1. The minimum Gasteiger partial charge on any atom is -0.405 e. The van der Waals surface area contributed by atoms with Gasteiger partial charge in [0.15, 0.2) is 0 Å². The maximum absolute atomic E-state index is 12.8. The van der Waals surface area contributed by atoms with Gasteiger partial charge in [-0.1, -0.05) is 12.1 Å². The molecule has 0 saturated carbocycles. The fraction of sp³-hybridized carbons (Fsp3) is 0.300. The lowest BCUT2D eigenvalue weighted by Gasteiger charge is -2.35. The Morgan fingerprint density at radius 2 is 1.77 bits per heavy atom. The number of piperazine rings is 1. The van der Waals surface area contributed by atoms with Gasteiger partial charge < -0.3 is 14.5 Å². The minimum atomic E-state index is -4.87. The zero-order valence-corrected chi connectivity index (χ0v) is 16.6. The van der Waals surface area contributed by atoms with Crippen LogP contribution in [-0.2, 0) is 0 Å². The summed E-state index contributed by atoms with van der Waals surface area (Å²) < 4.78 is 43.8. The Kier molecular flexibility index (Phi) is 5.49. The molecule has 1 amide bonds. The zero-order chi connectivity index (χ0) is 22.0. The van der Waals surface area contributed by atoms with Crippen LogP contribution in [0.15, 0.2) is 49.1 Å². The molecular weight excluding hydrogens is 413 g/mol. The fourth-order valence-corrected chi connectivity index (χ4v) is 3.39. The van der Waals surface area contributed by atoms with Crippen LogP contribution in [0.1, 0.15) is 16.2 Å². The molecule has 2 aromatic heterocycles. The number of para-hydroxylation sites is 1. The lowest BCUT2D eigenvalue weighted by atomic mass is 10.1. The topological polar surface area (TPSA) is 76.4 Å². The largest absolute Gasteiger partial charge is 0.573 e. The van der Waals surface area contributed by atoms with E-state index in [1.807, 2.05) is 11.0 Å². The van der Waals surface area contributed by atoms with Crippen molar-refractivity contribution in [2.75, 3.05) is 31.1 Å². The van der Waals surface area contributed by atoms with Crippen LogP contribution in [0.25, 0.3) is 5.82 Å². The molecule has 1 saturated heterocycles. The number of halogens is 3. The minimum absolute atomic E-state index is 0.117. The SMILES string of the molecule is Cc1nc(N2CCN(C(=O)c3ccccc3OC(F)(F)F)CC2)cc(-n2ccnc2)n1. The van der Waals surface area contributed by atoms with Gasteiger partial charge in [0.25, 0.3) is 5.91 Å². The third kappa shape index (κ3) is 4.76. The second-order valence-corrected chi connectivity index (χ2v) is 6.92. The Morgan fingerprint density at radius 1 is 1.06 bits per heavy atom. The van der Waals surface area contributed by atoms with Crippen molar-refractivity contribution in [1.82, 2.24) is 24.4 Å². The number of amides is 1. The predicted octanol–water partition coefficient (Wildman–Crippen LogP) is 2.83. The molecule has 1 aromatic carbocycles. The molecule has 0 N–H and O–H groups in total. The third-order valence-corrected chi connectivity index (χ3v) is 4.81. The number of carbonyl (C=O) groups is 1. The molecule has 0 aliphatic carbocycles. The Bertz CT molecular complexity index is 1060. The van der Waals surface area contributed by atoms with Crippen molar-refractivity contribution in [3.8, 4) is 11.6 Å². The molecule has 4 rings (SSSR count). The van der Waals surface area contributed by atoms with Crippen LogP contribution in [0.4, 0.5) is 19.0 Å². The highest BCUT2D eigenvalue weighted by Gasteiger charge is 2.34. The number of alkyl halides is 3. The van der Waals surface area contributed by atoms with Crippen LogP contribution in [-0.4, -0.2) is 62.9 Å². The smallest absolute Gasteiger partial charge is 0.405 e. The number of nitrogens with zero attached hydrogens (tertiary/aromatic N) is 6. The molecule has 3 aromatic rings. The number of rotatable bonds is 4. The van der Waals surface area contributed by atoms with E-state index in [1.54, 1.807) is 30.2 Å². The first-order valence-corrected chi connectivity index (χ1v) is 9.53. The second-order valence-electron chi connectivity index (χ2n) is 6.92. The normalized spacial score (nSPS) is 14.6. The molecule has 31 heavy (non-hydrogen) atoms. The molecule has 0 unspecified atom stereocenters. The van der Waals surface area contributed by atoms with E-state index in [4.69, 9.17) is 0 Å². The maximum atomic E-state index is 12.8. The highest BCUT2D eigenvalue weighted by molar-refractivity contribution is 5.97. The van der Waals surface area contributed by atoms with Crippen molar-refractivity contribution in [3.05, 3.63) is 60.4 Å². The monoisotopic (exact) mass is 432 g/mol. The van der Waals surface area contributed by atoms with E-state index in [-0.39, 0.29) is 5.56 Å². The molecule has 11 heteroatoms. The number of hydrogen-bond acceptors (Lipinski definition) is 6. The Labute approximate surface area is 175 Å². The number of aryl methyl sites for hydroxylation is 1. The number of hydrogen-bond donors (Lipinski definition) is 0. The van der Waals surface area contributed by atoms with Gasteiger partial charge in [-0.15, -0.1) is 13.2 Å². The van der Waals surface area contributed by atoms with Crippen LogP contribution in [0.5, 0.6) is 5.75 Å². The van der Waals surface area contributed by atoms with Crippen molar-refractivity contribution in [2.45, 2.75) is 13.3 Å². The van der Waals surface area contributed by atoms with Crippen LogP contribution in [0, 0.1) is 6.92 Å². The Morgan fingerprint density at radius 3 is 2.45 bits per heavy atom. The molecule has 0 atom stereocenters. The summed E-state index contributed by atoms with van der Waals surface area (Å²) in [7, 11) is 0. The molecule has 0 bridgehead atoms. The van der Waals surface area contributed by atoms with Gasteiger partial charge in [0.2, 0.25) is 0 Å². The van der Waals surface area contributed by atoms with E-state index in [2.05, 4.69) is 19.7 Å². The highest BCUT2D eigenvalue weighted by atomic mass is 19.4. The molecule has 1 aliphatic heterocycles. The quantitative estimate of drug-likeness (QED) is 0.631. The Balaban J connectivity index is 1.47. The van der Waals surface area contributed by atoms with E-state index in [0.29, 0.717) is 43.6 Å². The maximum Gasteiger partial charge on any atom is 0.573 e. The number of carbonyl (C=O) groups excluding carboxylic acids is 1. The van der Waals surface area contributed by atoms with Gasteiger partial charge >= 0.3 is 6.36 Å². The summed E-state index contributed by atoms with van der Waals surface area (Å²) in [5, 5.41) is 0. The van der Waals surface area contributed by atoms with Crippen molar-refractivity contribution in [3.63, 3.8) is 0 Å². The number of benzene rings is 1. The highest BCUT2D eigenvalue weighted by Crippen LogP contribution is 2.27. The van der Waals surface area contributed by atoms with Gasteiger partial charge in [-0.05, 0) is 19.1 Å². The molecule has 1 fully saturated rings. The van der Waals surface area contributed by atoms with Crippen LogP contribution in [0.3, 0.4) is 0 Å². The van der Waals surface area contributed by atoms with Gasteiger partial charge in [-0.2, -0.15) is 0 Å². The summed E-state index contributed by atoms with van der Waals surface area (Å²) in [5.41, 5.74) is -0.117. The molecular formula is C20H19F3N6O2. The average Bonchev–Trinajstić information content (AvgIpc) is 3.27. The molecule has 162 valence electrons. The summed E-state index contributed by atoms with van der Waals surface area (Å²) in [5.74, 6) is 0.982. The first-order valence-electron chi connectivity index (χ1n) is 9.53. The van der Waals surface area contributed by atoms with E-state index < -0.39 is 18.0 Å². The van der Waals surface area contributed by atoms with Crippen LogP contribution in [0.2, 0.25) is 0 Å². The predicted molar refractivity (Wildman–Crippen MR) is 105 cm³/mol. The summed E-state index contributed by atoms with van der Waals surface area (Å²) in [6, 6.07) is 7.21. The molecule has 1 aliphatic rings. The van der Waals surface area contributed by atoms with Gasteiger partial charge in [0.1, 0.15) is 29.5 Å². The second kappa shape index (κ2) is 8.25. The summed E-state index contributed by atoms with van der Waals surface area (Å²) in [6.45, 7) is 3.42. The van der Waals surface area contributed by atoms with Crippen LogP contribution >= 0.6 is 0 Å². The van der Waals surface area contributed by atoms with Gasteiger partial charge in [0.05, 0.1) is 5.56 Å². The zero-order valence-electron chi connectivity index (χ0n) is 16.6. The Hall–Kier alpha value is -3.63. The first-order chi connectivity index (χ1) is 14.8. The first kappa shape index (κ1) is 20.6. The molecule has 8 nitrogen and oxygen atoms in total. The van der Waals surface area contributed by atoms with Crippen molar-refractivity contribution >= 4 is 11.7 Å².